The zero-order valence-corrected chi connectivity index (χ0v) is 19.0. The fourth-order valence-electron chi connectivity index (χ4n) is 3.77. The van der Waals surface area contributed by atoms with E-state index in [2.05, 4.69) is 121 Å². The van der Waals surface area contributed by atoms with E-state index in [9.17, 15) is 0 Å². The minimum atomic E-state index is 0. The van der Waals surface area contributed by atoms with Gasteiger partial charge in [-0.1, -0.05) is 97.1 Å². The Morgan fingerprint density at radius 3 is 0.517 bits per heavy atom. The first-order valence-electron chi connectivity index (χ1n) is 9.62. The molecule has 1 heteroatoms. The fourth-order valence-corrected chi connectivity index (χ4v) is 3.77. The Kier molecular flexibility index (Phi) is 6.04. The van der Waals surface area contributed by atoms with Crippen molar-refractivity contribution in [3.63, 3.8) is 0 Å². The molecule has 0 saturated heterocycles. The molecule has 29 heavy (non-hydrogen) atoms. The van der Waals surface area contributed by atoms with Crippen LogP contribution in [0.25, 0.3) is 43.1 Å². The molecule has 0 aliphatic heterocycles. The number of fused-ring (bicyclic) bond motifs is 4. The molecule has 0 unspecified atom stereocenters. The molecular formula is C28H20Y. The summed E-state index contributed by atoms with van der Waals surface area (Å²) < 4.78 is 0. The molecule has 0 amide bonds. The minimum absolute atomic E-state index is 0. The third kappa shape index (κ3) is 4.25. The van der Waals surface area contributed by atoms with Gasteiger partial charge in [-0.05, 0) is 67.4 Å². The molecule has 0 saturated carbocycles. The maximum Gasteiger partial charge on any atom is 0 e. The molecule has 6 rings (SSSR count). The first-order chi connectivity index (χ1) is 13.9. The van der Waals surface area contributed by atoms with Crippen LogP contribution in [-0.4, -0.2) is 0 Å². The van der Waals surface area contributed by atoms with Crippen molar-refractivity contribution >= 4 is 43.1 Å². The van der Waals surface area contributed by atoms with Gasteiger partial charge in [0.15, 0.2) is 0 Å². The Morgan fingerprint density at radius 1 is 0.241 bits per heavy atom. The van der Waals surface area contributed by atoms with E-state index in [0.29, 0.717) is 0 Å². The fraction of sp³-hybridized carbons (Fsp3) is 0. The summed E-state index contributed by atoms with van der Waals surface area (Å²) in [5.41, 5.74) is 0. The summed E-state index contributed by atoms with van der Waals surface area (Å²) >= 11 is 0. The second-order valence-corrected chi connectivity index (χ2v) is 7.09. The first kappa shape index (κ1) is 19.8. The zero-order valence-electron chi connectivity index (χ0n) is 16.1. The van der Waals surface area contributed by atoms with E-state index in [1.165, 1.54) is 43.1 Å². The van der Waals surface area contributed by atoms with Crippen molar-refractivity contribution in [1.29, 1.82) is 0 Å². The van der Waals surface area contributed by atoms with Crippen LogP contribution >= 0.6 is 0 Å². The van der Waals surface area contributed by atoms with Gasteiger partial charge < -0.3 is 0 Å². The van der Waals surface area contributed by atoms with E-state index >= 15 is 0 Å². The third-order valence-corrected chi connectivity index (χ3v) is 5.23. The quantitative estimate of drug-likeness (QED) is 0.208. The van der Waals surface area contributed by atoms with Gasteiger partial charge in [0.05, 0.1) is 0 Å². The molecule has 0 nitrogen and oxygen atoms in total. The molecule has 0 heterocycles. The van der Waals surface area contributed by atoms with Crippen molar-refractivity contribution in [3.05, 3.63) is 121 Å². The second kappa shape index (κ2) is 8.86. The van der Waals surface area contributed by atoms with Crippen molar-refractivity contribution in [2.75, 3.05) is 0 Å². The summed E-state index contributed by atoms with van der Waals surface area (Å²) in [6.07, 6.45) is 0. The molecule has 0 fully saturated rings. The minimum Gasteiger partial charge on any atom is -0.0616 e. The second-order valence-electron chi connectivity index (χ2n) is 7.09. The van der Waals surface area contributed by atoms with Gasteiger partial charge >= 0.3 is 0 Å². The molecule has 0 aliphatic carbocycles. The van der Waals surface area contributed by atoms with Gasteiger partial charge in [0.2, 0.25) is 0 Å². The SMILES string of the molecule is [Y].c1ccc2cc3ccccc3cc2c1.c1ccc2cc3ccccc3cc2c1. The molecule has 0 spiro atoms. The average molecular weight is 445 g/mol. The van der Waals surface area contributed by atoms with Crippen molar-refractivity contribution in [2.45, 2.75) is 0 Å². The molecule has 0 aliphatic rings. The van der Waals surface area contributed by atoms with Gasteiger partial charge in [-0.15, -0.1) is 0 Å². The van der Waals surface area contributed by atoms with Crippen LogP contribution in [0.2, 0.25) is 0 Å². The van der Waals surface area contributed by atoms with E-state index in [-0.39, 0.29) is 32.7 Å². The Balaban J connectivity index is 0.000000137. The van der Waals surface area contributed by atoms with Crippen LogP contribution in [0.5, 0.6) is 0 Å². The van der Waals surface area contributed by atoms with Crippen LogP contribution in [-0.2, 0) is 32.7 Å². The number of rotatable bonds is 0. The smallest absolute Gasteiger partial charge is 0 e. The van der Waals surface area contributed by atoms with Gasteiger partial charge in [-0.2, -0.15) is 0 Å². The molecule has 0 bridgehead atoms. The van der Waals surface area contributed by atoms with Crippen molar-refractivity contribution in [1.82, 2.24) is 0 Å². The predicted octanol–water partition coefficient (Wildman–Crippen LogP) is 7.98. The van der Waals surface area contributed by atoms with Crippen molar-refractivity contribution < 1.29 is 32.7 Å². The van der Waals surface area contributed by atoms with Gasteiger partial charge in [-0.3, -0.25) is 0 Å². The van der Waals surface area contributed by atoms with Crippen LogP contribution in [0.15, 0.2) is 121 Å². The number of hydrogen-bond acceptors (Lipinski definition) is 0. The van der Waals surface area contributed by atoms with E-state index in [1.54, 1.807) is 0 Å². The largest absolute Gasteiger partial charge is 0.0616 e. The summed E-state index contributed by atoms with van der Waals surface area (Å²) in [4.78, 5) is 0. The summed E-state index contributed by atoms with van der Waals surface area (Å²) in [7, 11) is 0. The molecule has 6 aromatic carbocycles. The van der Waals surface area contributed by atoms with E-state index in [0.717, 1.165) is 0 Å². The van der Waals surface area contributed by atoms with Gasteiger partial charge in [0.1, 0.15) is 0 Å². The molecule has 6 aromatic rings. The standard InChI is InChI=1S/2C14H10.Y/c2*1-2-6-12-10-14-8-4-3-7-13(14)9-11(12)5-1;/h2*1-10H;. The van der Waals surface area contributed by atoms with Gasteiger partial charge in [0, 0.05) is 32.7 Å². The van der Waals surface area contributed by atoms with Crippen LogP contribution in [0.4, 0.5) is 0 Å². The average Bonchev–Trinajstić information content (AvgIpc) is 2.76. The predicted molar refractivity (Wildman–Crippen MR) is 123 cm³/mol. The molecule has 135 valence electrons. The normalized spacial score (nSPS) is 10.5. The van der Waals surface area contributed by atoms with E-state index < -0.39 is 0 Å². The molecule has 1 radical (unpaired) electrons. The van der Waals surface area contributed by atoms with Crippen molar-refractivity contribution in [3.8, 4) is 0 Å². The summed E-state index contributed by atoms with van der Waals surface area (Å²) in [5.74, 6) is 0. The summed E-state index contributed by atoms with van der Waals surface area (Å²) in [6.45, 7) is 0. The number of hydrogen-bond donors (Lipinski definition) is 0. The molecule has 0 N–H and O–H groups in total. The molecule has 0 atom stereocenters. The maximum atomic E-state index is 2.24. The summed E-state index contributed by atoms with van der Waals surface area (Å²) in [6, 6.07) is 42.8. The Hall–Kier alpha value is -2.54. The van der Waals surface area contributed by atoms with Crippen LogP contribution in [0.3, 0.4) is 0 Å². The summed E-state index contributed by atoms with van der Waals surface area (Å²) in [5, 5.41) is 10.5. The first-order valence-corrected chi connectivity index (χ1v) is 9.62. The van der Waals surface area contributed by atoms with Crippen molar-refractivity contribution in [2.24, 2.45) is 0 Å². The Bertz CT molecular complexity index is 1090. The monoisotopic (exact) mass is 445 g/mol. The molecular weight excluding hydrogens is 425 g/mol. The van der Waals surface area contributed by atoms with Gasteiger partial charge in [-0.25, -0.2) is 0 Å². The Morgan fingerprint density at radius 2 is 0.379 bits per heavy atom. The topological polar surface area (TPSA) is 0 Å². The van der Waals surface area contributed by atoms with E-state index in [4.69, 9.17) is 0 Å². The van der Waals surface area contributed by atoms with Crippen LogP contribution < -0.4 is 0 Å². The van der Waals surface area contributed by atoms with Crippen LogP contribution in [0.1, 0.15) is 0 Å². The number of benzene rings is 6. The third-order valence-electron chi connectivity index (χ3n) is 5.23. The Labute approximate surface area is 196 Å². The zero-order chi connectivity index (χ0) is 18.8. The maximum absolute atomic E-state index is 2.24. The van der Waals surface area contributed by atoms with E-state index in [1.807, 2.05) is 0 Å². The molecule has 0 aromatic heterocycles. The van der Waals surface area contributed by atoms with Crippen LogP contribution in [0, 0.1) is 0 Å². The van der Waals surface area contributed by atoms with Gasteiger partial charge in [0.25, 0.3) is 0 Å².